The number of benzene rings is 1. The van der Waals surface area contributed by atoms with Gasteiger partial charge in [0, 0.05) is 18.5 Å². The van der Waals surface area contributed by atoms with Crippen LogP contribution >= 0.6 is 0 Å². The van der Waals surface area contributed by atoms with Crippen LogP contribution in [0.25, 0.3) is 0 Å². The number of carbonyl (C=O) groups excluding carboxylic acids is 1. The number of aromatic nitrogens is 2. The van der Waals surface area contributed by atoms with Crippen molar-refractivity contribution in [1.29, 1.82) is 0 Å². The molecule has 0 bridgehead atoms. The first kappa shape index (κ1) is 14.0. The minimum Gasteiger partial charge on any atom is -0.454 e. The Labute approximate surface area is 133 Å². The number of aryl methyl sites for hydroxylation is 1. The first-order valence-electron chi connectivity index (χ1n) is 7.79. The number of ether oxygens (including phenoxy) is 2. The number of hydrogen-bond acceptors (Lipinski definition) is 6. The van der Waals surface area contributed by atoms with Crippen molar-refractivity contribution in [2.75, 3.05) is 13.3 Å². The number of likely N-dealkylation sites (tertiary alicyclic amines) is 1. The number of hydrogen-bond donors (Lipinski definition) is 0. The Hall–Kier alpha value is -2.57. The van der Waals surface area contributed by atoms with Gasteiger partial charge >= 0.3 is 0 Å². The second kappa shape index (κ2) is 5.57. The minimum atomic E-state index is -0.128. The number of carbonyl (C=O) groups is 1. The van der Waals surface area contributed by atoms with Crippen LogP contribution in [-0.4, -0.2) is 34.3 Å². The molecule has 0 radical (unpaired) electrons. The highest BCUT2D eigenvalue weighted by atomic mass is 16.7. The van der Waals surface area contributed by atoms with E-state index in [0.717, 1.165) is 12.8 Å². The van der Waals surface area contributed by atoms with Crippen molar-refractivity contribution in [3.8, 4) is 11.5 Å². The molecule has 120 valence electrons. The molecule has 0 unspecified atom stereocenters. The van der Waals surface area contributed by atoms with Crippen molar-refractivity contribution < 1.29 is 18.8 Å². The van der Waals surface area contributed by atoms with E-state index in [-0.39, 0.29) is 18.7 Å². The van der Waals surface area contributed by atoms with Gasteiger partial charge in [0.25, 0.3) is 5.91 Å². The summed E-state index contributed by atoms with van der Waals surface area (Å²) < 4.78 is 15.8. The van der Waals surface area contributed by atoms with Gasteiger partial charge in [-0.2, -0.15) is 4.98 Å². The summed E-state index contributed by atoms with van der Waals surface area (Å²) in [6, 6.07) is 5.13. The normalized spacial score (nSPS) is 19.3. The third-order valence-corrected chi connectivity index (χ3v) is 4.22. The Morgan fingerprint density at radius 1 is 1.35 bits per heavy atom. The molecule has 3 heterocycles. The molecule has 7 nitrogen and oxygen atoms in total. The fourth-order valence-corrected chi connectivity index (χ4v) is 3.02. The van der Waals surface area contributed by atoms with Crippen LogP contribution in [0, 0.1) is 0 Å². The van der Waals surface area contributed by atoms with Crippen LogP contribution in [0.4, 0.5) is 0 Å². The monoisotopic (exact) mass is 315 g/mol. The molecular weight excluding hydrogens is 298 g/mol. The Bertz CT molecular complexity index is 743. The molecule has 2 aliphatic heterocycles. The lowest BCUT2D eigenvalue weighted by Gasteiger charge is -2.22. The average molecular weight is 315 g/mol. The van der Waals surface area contributed by atoms with Crippen LogP contribution in [0.1, 0.15) is 47.9 Å². The van der Waals surface area contributed by atoms with E-state index >= 15 is 0 Å². The first-order valence-corrected chi connectivity index (χ1v) is 7.79. The average Bonchev–Trinajstić information content (AvgIpc) is 3.31. The molecule has 4 rings (SSSR count). The third kappa shape index (κ3) is 2.42. The van der Waals surface area contributed by atoms with Crippen LogP contribution < -0.4 is 9.47 Å². The zero-order valence-corrected chi connectivity index (χ0v) is 12.8. The van der Waals surface area contributed by atoms with Crippen molar-refractivity contribution in [3.05, 3.63) is 35.5 Å². The van der Waals surface area contributed by atoms with Crippen molar-refractivity contribution in [2.45, 2.75) is 32.2 Å². The smallest absolute Gasteiger partial charge is 0.254 e. The van der Waals surface area contributed by atoms with Gasteiger partial charge in [-0.15, -0.1) is 0 Å². The molecule has 2 aromatic rings. The molecule has 1 aromatic carbocycles. The Morgan fingerprint density at radius 2 is 2.22 bits per heavy atom. The first-order chi connectivity index (χ1) is 11.3. The van der Waals surface area contributed by atoms with E-state index < -0.39 is 0 Å². The molecule has 0 N–H and O–H groups in total. The highest BCUT2D eigenvalue weighted by Crippen LogP contribution is 2.35. The molecule has 0 aliphatic carbocycles. The molecular formula is C16H17N3O4. The molecule has 1 saturated heterocycles. The van der Waals surface area contributed by atoms with Gasteiger partial charge in [-0.1, -0.05) is 12.1 Å². The number of rotatable bonds is 3. The predicted octanol–water partition coefficient (Wildman–Crippen LogP) is 2.34. The summed E-state index contributed by atoms with van der Waals surface area (Å²) >= 11 is 0. The van der Waals surface area contributed by atoms with E-state index in [1.807, 2.05) is 11.8 Å². The van der Waals surface area contributed by atoms with Gasteiger partial charge in [0.15, 0.2) is 17.3 Å². The number of amides is 1. The number of fused-ring (bicyclic) bond motifs is 1. The SMILES string of the molecule is CCc1nc([C@H]2CCCN2C(=O)c2ccc3c(c2)OCO3)no1. The quantitative estimate of drug-likeness (QED) is 0.865. The van der Waals surface area contributed by atoms with Gasteiger partial charge in [0.05, 0.1) is 6.04 Å². The fraction of sp³-hybridized carbons (Fsp3) is 0.438. The summed E-state index contributed by atoms with van der Waals surface area (Å²) in [5.41, 5.74) is 0.584. The zero-order chi connectivity index (χ0) is 15.8. The van der Waals surface area contributed by atoms with Crippen molar-refractivity contribution in [3.63, 3.8) is 0 Å². The summed E-state index contributed by atoms with van der Waals surface area (Å²) in [6.07, 6.45) is 2.46. The lowest BCUT2D eigenvalue weighted by Crippen LogP contribution is -2.31. The second-order valence-corrected chi connectivity index (χ2v) is 5.62. The maximum atomic E-state index is 12.9. The van der Waals surface area contributed by atoms with Gasteiger partial charge < -0.3 is 18.9 Å². The standard InChI is InChI=1S/C16H17N3O4/c1-2-14-17-15(18-23-14)11-4-3-7-19(11)16(20)10-5-6-12-13(8-10)22-9-21-12/h5-6,8,11H,2-4,7,9H2,1H3/t11-/m1/s1. The van der Waals surface area contributed by atoms with Crippen LogP contribution in [0.3, 0.4) is 0 Å². The Balaban J connectivity index is 1.59. The molecule has 0 spiro atoms. The molecule has 1 fully saturated rings. The summed E-state index contributed by atoms with van der Waals surface area (Å²) in [5, 5.41) is 4.03. The highest BCUT2D eigenvalue weighted by molar-refractivity contribution is 5.95. The van der Waals surface area contributed by atoms with Gasteiger partial charge in [-0.05, 0) is 31.0 Å². The lowest BCUT2D eigenvalue weighted by molar-refractivity contribution is 0.0728. The lowest BCUT2D eigenvalue weighted by atomic mass is 10.1. The zero-order valence-electron chi connectivity index (χ0n) is 12.8. The third-order valence-electron chi connectivity index (χ3n) is 4.22. The van der Waals surface area contributed by atoms with E-state index in [2.05, 4.69) is 10.1 Å². The van der Waals surface area contributed by atoms with Gasteiger partial charge in [-0.25, -0.2) is 0 Å². The Morgan fingerprint density at radius 3 is 3.04 bits per heavy atom. The van der Waals surface area contributed by atoms with E-state index in [4.69, 9.17) is 14.0 Å². The molecule has 1 atom stereocenters. The van der Waals surface area contributed by atoms with Crippen LogP contribution in [0.5, 0.6) is 11.5 Å². The molecule has 7 heteroatoms. The summed E-state index contributed by atoms with van der Waals surface area (Å²) in [6.45, 7) is 2.84. The van der Waals surface area contributed by atoms with Crippen molar-refractivity contribution in [1.82, 2.24) is 15.0 Å². The molecule has 0 saturated carbocycles. The van der Waals surface area contributed by atoms with E-state index in [1.165, 1.54) is 0 Å². The summed E-state index contributed by atoms with van der Waals surface area (Å²) in [5.74, 6) is 2.43. The van der Waals surface area contributed by atoms with E-state index in [9.17, 15) is 4.79 Å². The van der Waals surface area contributed by atoms with E-state index in [0.29, 0.717) is 41.7 Å². The summed E-state index contributed by atoms with van der Waals surface area (Å²) in [7, 11) is 0. The predicted molar refractivity (Wildman–Crippen MR) is 79.3 cm³/mol. The van der Waals surface area contributed by atoms with Crippen molar-refractivity contribution >= 4 is 5.91 Å². The fourth-order valence-electron chi connectivity index (χ4n) is 3.02. The molecule has 1 amide bonds. The molecule has 23 heavy (non-hydrogen) atoms. The maximum Gasteiger partial charge on any atom is 0.254 e. The topological polar surface area (TPSA) is 77.7 Å². The van der Waals surface area contributed by atoms with Crippen molar-refractivity contribution in [2.24, 2.45) is 0 Å². The second-order valence-electron chi connectivity index (χ2n) is 5.62. The maximum absolute atomic E-state index is 12.9. The molecule has 1 aromatic heterocycles. The minimum absolute atomic E-state index is 0.0475. The van der Waals surface area contributed by atoms with Crippen LogP contribution in [0.15, 0.2) is 22.7 Å². The highest BCUT2D eigenvalue weighted by Gasteiger charge is 2.34. The number of nitrogens with zero attached hydrogens (tertiary/aromatic N) is 3. The largest absolute Gasteiger partial charge is 0.454 e. The summed E-state index contributed by atoms with van der Waals surface area (Å²) in [4.78, 5) is 19.0. The van der Waals surface area contributed by atoms with Crippen LogP contribution in [0.2, 0.25) is 0 Å². The van der Waals surface area contributed by atoms with Crippen LogP contribution in [-0.2, 0) is 6.42 Å². The Kier molecular flexibility index (Phi) is 3.40. The van der Waals surface area contributed by atoms with Gasteiger partial charge in [0.1, 0.15) is 0 Å². The molecule has 2 aliphatic rings. The van der Waals surface area contributed by atoms with Gasteiger partial charge in [0.2, 0.25) is 12.7 Å². The van der Waals surface area contributed by atoms with Gasteiger partial charge in [-0.3, -0.25) is 4.79 Å². The van der Waals surface area contributed by atoms with E-state index in [1.54, 1.807) is 18.2 Å².